The summed E-state index contributed by atoms with van der Waals surface area (Å²) in [6.07, 6.45) is 1.23. The van der Waals surface area contributed by atoms with Crippen LogP contribution in [-0.2, 0) is 19.0 Å². The lowest BCUT2D eigenvalue weighted by atomic mass is 9.98. The van der Waals surface area contributed by atoms with E-state index >= 15 is 0 Å². The molecule has 1 unspecified atom stereocenters. The average molecular weight is 310 g/mol. The third-order valence-electron chi connectivity index (χ3n) is 5.83. The van der Waals surface area contributed by atoms with Crippen molar-refractivity contribution >= 4 is 5.91 Å². The van der Waals surface area contributed by atoms with E-state index in [-0.39, 0.29) is 12.0 Å². The third kappa shape index (κ3) is 2.56. The molecule has 4 aliphatic rings. The topological polar surface area (TPSA) is 51.2 Å². The minimum atomic E-state index is 0.238. The Morgan fingerprint density at radius 3 is 2.86 bits per heavy atom. The molecule has 1 amide bonds. The number of methoxy groups -OCH3 is 1. The van der Waals surface area contributed by atoms with E-state index in [1.807, 2.05) is 0 Å². The molecule has 3 aliphatic heterocycles. The first kappa shape index (κ1) is 14.9. The number of carbonyl (C=O) groups excluding carboxylic acids is 1. The van der Waals surface area contributed by atoms with Crippen molar-refractivity contribution in [2.45, 2.75) is 18.6 Å². The predicted molar refractivity (Wildman–Crippen MR) is 79.5 cm³/mol. The molecule has 3 saturated heterocycles. The van der Waals surface area contributed by atoms with E-state index in [0.29, 0.717) is 23.8 Å². The van der Waals surface area contributed by atoms with Crippen molar-refractivity contribution in [3.63, 3.8) is 0 Å². The number of carbonyl (C=O) groups is 1. The highest BCUT2D eigenvalue weighted by Gasteiger charge is 2.59. The van der Waals surface area contributed by atoms with E-state index in [0.717, 1.165) is 59.0 Å². The Balaban J connectivity index is 1.38. The summed E-state index contributed by atoms with van der Waals surface area (Å²) in [5.74, 6) is 1.59. The van der Waals surface area contributed by atoms with Crippen LogP contribution in [0.25, 0.3) is 0 Å². The fourth-order valence-corrected chi connectivity index (χ4v) is 4.45. The van der Waals surface area contributed by atoms with Crippen LogP contribution in [0.2, 0.25) is 0 Å². The van der Waals surface area contributed by atoms with E-state index in [4.69, 9.17) is 14.2 Å². The van der Waals surface area contributed by atoms with Crippen LogP contribution in [0.15, 0.2) is 0 Å². The van der Waals surface area contributed by atoms with Gasteiger partial charge in [0.25, 0.3) is 0 Å². The molecule has 4 fully saturated rings. The summed E-state index contributed by atoms with van der Waals surface area (Å²) in [6.45, 7) is 6.61. The first-order valence-electron chi connectivity index (χ1n) is 8.50. The van der Waals surface area contributed by atoms with E-state index in [1.54, 1.807) is 7.11 Å². The maximum absolute atomic E-state index is 12.8. The Morgan fingerprint density at radius 1 is 1.27 bits per heavy atom. The minimum absolute atomic E-state index is 0.238. The lowest BCUT2D eigenvalue weighted by Gasteiger charge is -2.47. The number of hydrogen-bond acceptors (Lipinski definition) is 5. The number of piperidine rings is 1. The molecule has 0 aromatic carbocycles. The Kier molecular flexibility index (Phi) is 4.11. The molecule has 0 aromatic rings. The van der Waals surface area contributed by atoms with Crippen LogP contribution < -0.4 is 0 Å². The van der Waals surface area contributed by atoms with E-state index < -0.39 is 0 Å². The van der Waals surface area contributed by atoms with Crippen LogP contribution in [0, 0.1) is 17.8 Å². The highest BCUT2D eigenvalue weighted by atomic mass is 16.5. The van der Waals surface area contributed by atoms with Gasteiger partial charge in [-0.05, 0) is 18.3 Å². The summed E-state index contributed by atoms with van der Waals surface area (Å²) in [5, 5.41) is 0. The fraction of sp³-hybridized carbons (Fsp3) is 0.938. The van der Waals surface area contributed by atoms with Gasteiger partial charge in [0.2, 0.25) is 5.91 Å². The zero-order valence-corrected chi connectivity index (χ0v) is 13.3. The van der Waals surface area contributed by atoms with Crippen LogP contribution in [0.3, 0.4) is 0 Å². The van der Waals surface area contributed by atoms with E-state index in [1.165, 1.54) is 0 Å². The van der Waals surface area contributed by atoms with Gasteiger partial charge in [-0.15, -0.1) is 0 Å². The molecule has 3 heterocycles. The van der Waals surface area contributed by atoms with Crippen LogP contribution in [0.1, 0.15) is 6.42 Å². The van der Waals surface area contributed by atoms with Crippen molar-refractivity contribution in [1.82, 2.24) is 9.80 Å². The van der Waals surface area contributed by atoms with Gasteiger partial charge in [0, 0.05) is 39.2 Å². The molecule has 0 radical (unpaired) electrons. The second-order valence-electron chi connectivity index (χ2n) is 6.97. The highest BCUT2D eigenvalue weighted by molar-refractivity contribution is 5.82. The van der Waals surface area contributed by atoms with Gasteiger partial charge in [0.05, 0.1) is 38.6 Å². The van der Waals surface area contributed by atoms with Gasteiger partial charge in [0.1, 0.15) is 0 Å². The molecule has 0 bridgehead atoms. The van der Waals surface area contributed by atoms with Gasteiger partial charge < -0.3 is 19.1 Å². The quantitative estimate of drug-likeness (QED) is 0.721. The maximum atomic E-state index is 12.8. The molecule has 0 aromatic heterocycles. The van der Waals surface area contributed by atoms with Crippen LogP contribution in [-0.4, -0.2) is 87.6 Å². The lowest BCUT2D eigenvalue weighted by Crippen LogP contribution is -2.61. The first-order valence-corrected chi connectivity index (χ1v) is 8.50. The second kappa shape index (κ2) is 6.07. The monoisotopic (exact) mass is 310 g/mol. The molecule has 4 rings (SSSR count). The average Bonchev–Trinajstić information content (AvgIpc) is 3.03. The SMILES string of the molecule is COCCN1CCO[C@H]2CCN(C(=O)C3[C@H]4COC[C@@H]34)C[C@@H]21. The van der Waals surface area contributed by atoms with Gasteiger partial charge in [-0.25, -0.2) is 0 Å². The summed E-state index contributed by atoms with van der Waals surface area (Å²) >= 11 is 0. The molecule has 6 heteroatoms. The molecule has 1 aliphatic carbocycles. The van der Waals surface area contributed by atoms with Crippen LogP contribution in [0.4, 0.5) is 0 Å². The standard InChI is InChI=1S/C16H26N2O4/c1-20-6-4-17-5-7-22-14-2-3-18(8-13(14)17)16(19)15-11-9-21-10-12(11)15/h11-15H,2-10H2,1H3/t11-,12+,13-,14-,15?/m0/s1. The zero-order chi connectivity index (χ0) is 15.1. The molecule has 22 heavy (non-hydrogen) atoms. The van der Waals surface area contributed by atoms with Crippen molar-refractivity contribution in [3.8, 4) is 0 Å². The molecular weight excluding hydrogens is 284 g/mol. The number of fused-ring (bicyclic) bond motifs is 2. The molecular formula is C16H26N2O4. The van der Waals surface area contributed by atoms with Crippen molar-refractivity contribution in [1.29, 1.82) is 0 Å². The summed E-state index contributed by atoms with van der Waals surface area (Å²) in [6, 6.07) is 0.330. The molecule has 6 nitrogen and oxygen atoms in total. The minimum Gasteiger partial charge on any atom is -0.383 e. The number of hydrogen-bond donors (Lipinski definition) is 0. The smallest absolute Gasteiger partial charge is 0.226 e. The maximum Gasteiger partial charge on any atom is 0.226 e. The number of morpholine rings is 1. The van der Waals surface area contributed by atoms with Crippen molar-refractivity contribution in [3.05, 3.63) is 0 Å². The Hall–Kier alpha value is -0.690. The summed E-state index contributed by atoms with van der Waals surface area (Å²) in [5.41, 5.74) is 0. The van der Waals surface area contributed by atoms with Gasteiger partial charge >= 0.3 is 0 Å². The molecule has 0 N–H and O–H groups in total. The summed E-state index contributed by atoms with van der Waals surface area (Å²) < 4.78 is 16.6. The van der Waals surface area contributed by atoms with Gasteiger partial charge in [-0.3, -0.25) is 9.69 Å². The van der Waals surface area contributed by atoms with Crippen LogP contribution in [0.5, 0.6) is 0 Å². The van der Waals surface area contributed by atoms with Gasteiger partial charge in [-0.1, -0.05) is 0 Å². The van der Waals surface area contributed by atoms with Crippen LogP contribution >= 0.6 is 0 Å². The molecule has 124 valence electrons. The first-order chi connectivity index (χ1) is 10.8. The molecule has 0 spiro atoms. The Labute approximate surface area is 131 Å². The molecule has 1 saturated carbocycles. The summed E-state index contributed by atoms with van der Waals surface area (Å²) in [4.78, 5) is 17.3. The van der Waals surface area contributed by atoms with Gasteiger partial charge in [-0.2, -0.15) is 0 Å². The fourth-order valence-electron chi connectivity index (χ4n) is 4.45. The second-order valence-corrected chi connectivity index (χ2v) is 6.97. The largest absolute Gasteiger partial charge is 0.383 e. The van der Waals surface area contributed by atoms with Crippen molar-refractivity contribution in [2.75, 3.05) is 59.7 Å². The van der Waals surface area contributed by atoms with Gasteiger partial charge in [0.15, 0.2) is 0 Å². The Bertz CT molecular complexity index is 422. The third-order valence-corrected chi connectivity index (χ3v) is 5.83. The normalized spacial score (nSPS) is 41.1. The molecule has 5 atom stereocenters. The number of rotatable bonds is 4. The summed E-state index contributed by atoms with van der Waals surface area (Å²) in [7, 11) is 1.74. The number of ether oxygens (including phenoxy) is 3. The number of likely N-dealkylation sites (tertiary alicyclic amines) is 1. The lowest BCUT2D eigenvalue weighted by molar-refractivity contribution is -0.145. The highest BCUT2D eigenvalue weighted by Crippen LogP contribution is 2.51. The predicted octanol–water partition coefficient (Wildman–Crippen LogP) is -0.173. The van der Waals surface area contributed by atoms with Crippen molar-refractivity contribution in [2.24, 2.45) is 17.8 Å². The Morgan fingerprint density at radius 2 is 2.09 bits per heavy atom. The zero-order valence-electron chi connectivity index (χ0n) is 13.3. The number of amides is 1. The van der Waals surface area contributed by atoms with Crippen molar-refractivity contribution < 1.29 is 19.0 Å². The van der Waals surface area contributed by atoms with E-state index in [2.05, 4.69) is 9.80 Å². The van der Waals surface area contributed by atoms with E-state index in [9.17, 15) is 4.79 Å². The number of nitrogens with zero attached hydrogens (tertiary/aromatic N) is 2.